The molecule has 0 spiro atoms. The number of aliphatic hydroxyl groups is 1. The average Bonchev–Trinajstić information content (AvgIpc) is 0.677. The molecule has 3 aliphatic carbocycles. The van der Waals surface area contributed by atoms with E-state index < -0.39 is 129 Å². The lowest BCUT2D eigenvalue weighted by molar-refractivity contribution is -0.352. The smallest absolute Gasteiger partial charge is 0.338 e. The van der Waals surface area contributed by atoms with Crippen molar-refractivity contribution in [2.45, 2.75) is 186 Å². The Bertz CT molecular complexity index is 2910. The first-order chi connectivity index (χ1) is 39.9. The van der Waals surface area contributed by atoms with Gasteiger partial charge in [-0.05, 0) is 91.1 Å². The Kier molecular flexibility index (Phi) is 20.8. The van der Waals surface area contributed by atoms with Gasteiger partial charge in [0.05, 0.1) is 47.8 Å². The van der Waals surface area contributed by atoms with Gasteiger partial charge >= 0.3 is 23.9 Å². The number of esters is 4. The number of para-hydroxylation sites is 1. The number of carbonyl (C=O) groups excluding carboxylic acids is 6. The first-order valence-corrected chi connectivity index (χ1v) is 34.7. The van der Waals surface area contributed by atoms with Crippen molar-refractivity contribution in [1.29, 1.82) is 0 Å². The largest absolute Gasteiger partial charge is 0.489 e. The van der Waals surface area contributed by atoms with Crippen LogP contribution in [0.25, 0.3) is 0 Å². The molecule has 0 aromatic heterocycles. The predicted octanol–water partition coefficient (Wildman–Crippen LogP) is 10.5. The number of hydrogen-bond acceptors (Lipinski definition) is 16. The minimum Gasteiger partial charge on any atom is -0.489 e. The Morgan fingerprint density at radius 1 is 0.762 bits per heavy atom. The average molecular weight is 1190 g/mol. The van der Waals surface area contributed by atoms with Crippen LogP contribution in [-0.4, -0.2) is 131 Å². The van der Waals surface area contributed by atoms with E-state index in [0.717, 1.165) is 0 Å². The van der Waals surface area contributed by atoms with Crippen LogP contribution >= 0.6 is 0 Å². The summed E-state index contributed by atoms with van der Waals surface area (Å²) in [6.07, 6.45) is -7.75. The van der Waals surface area contributed by atoms with Gasteiger partial charge in [-0.2, -0.15) is 0 Å². The molecule has 12 atom stereocenters. The summed E-state index contributed by atoms with van der Waals surface area (Å²) < 4.78 is 60.6. The minimum atomic E-state index is -2.90. The molecule has 17 nitrogen and oxygen atoms in total. The third-order valence-corrected chi connectivity index (χ3v) is 28.2. The van der Waals surface area contributed by atoms with Gasteiger partial charge < -0.3 is 52.4 Å². The highest BCUT2D eigenvalue weighted by Gasteiger charge is 2.80. The van der Waals surface area contributed by atoms with Crippen LogP contribution in [0.3, 0.4) is 0 Å². The van der Waals surface area contributed by atoms with Gasteiger partial charge in [-0.3, -0.25) is 19.2 Å². The van der Waals surface area contributed by atoms with Gasteiger partial charge in [0.25, 0.3) is 5.91 Å². The molecule has 3 aromatic carbocycles. The lowest BCUT2D eigenvalue weighted by Gasteiger charge is -2.69. The standard InChI is InChI=1S/C65H87NO16Si2/c1-15-37-74-47-36-30-29-35-46(47)59(70)66-51(44-31-25-23-26-32-44)54(82-84(20-6,21-7)22-8)61(72)78-52-41(9)50-53(77-42(10)67)56(69)63(14)48(81-83(17-3,18-4)19-5)39-49-64(40-76-49,80-43(11)68)55(63)58(79-60(71)45-33-27-24-28-34-45)65(73,62(50,12)13)57(52)75-38-16-2/h15-16,23-36,48-49,51-55,57-58,73H,1-2,17-22,37-40H2,3-14H3,(H,66,70)/t48?,49-,51+,52-,53-,54-,55+,57+,58+,63-,64+,65-/m1/s1. The Balaban J connectivity index is 1.56. The fraction of sp³-hybridized carbons (Fsp3) is 0.538. The molecule has 3 fully saturated rings. The van der Waals surface area contributed by atoms with E-state index in [-0.39, 0.29) is 54.3 Å². The molecule has 3 aromatic rings. The van der Waals surface area contributed by atoms with Crippen LogP contribution in [0.1, 0.15) is 122 Å². The number of ketones is 1. The van der Waals surface area contributed by atoms with Crippen molar-refractivity contribution >= 4 is 52.2 Å². The number of fused-ring (bicyclic) bond motifs is 5. The maximum absolute atomic E-state index is 16.9. The highest BCUT2D eigenvalue weighted by Crippen LogP contribution is 2.66. The second-order valence-corrected chi connectivity index (χ2v) is 32.9. The fourth-order valence-electron chi connectivity index (χ4n) is 13.8. The molecule has 1 heterocycles. The Hall–Kier alpha value is -6.07. The van der Waals surface area contributed by atoms with Crippen LogP contribution in [0.15, 0.2) is 121 Å². The molecule has 84 heavy (non-hydrogen) atoms. The quantitative estimate of drug-likeness (QED) is 0.0331. The molecule has 456 valence electrons. The molecule has 2 saturated carbocycles. The summed E-state index contributed by atoms with van der Waals surface area (Å²) in [7, 11) is -5.63. The lowest BCUT2D eigenvalue weighted by atomic mass is 9.44. The maximum Gasteiger partial charge on any atom is 0.338 e. The first-order valence-electron chi connectivity index (χ1n) is 29.6. The number of carbonyl (C=O) groups is 6. The van der Waals surface area contributed by atoms with Crippen molar-refractivity contribution in [2.24, 2.45) is 16.7 Å². The predicted molar refractivity (Wildman–Crippen MR) is 321 cm³/mol. The van der Waals surface area contributed by atoms with Gasteiger partial charge in [0.1, 0.15) is 36.3 Å². The zero-order valence-corrected chi connectivity index (χ0v) is 53.0. The van der Waals surface area contributed by atoms with E-state index in [1.165, 1.54) is 19.9 Å². The third kappa shape index (κ3) is 11.9. The Labute approximate surface area is 497 Å². The monoisotopic (exact) mass is 1190 g/mol. The van der Waals surface area contributed by atoms with Crippen molar-refractivity contribution in [2.75, 3.05) is 19.8 Å². The summed E-state index contributed by atoms with van der Waals surface area (Å²) >= 11 is 0. The van der Waals surface area contributed by atoms with Crippen molar-refractivity contribution in [3.8, 4) is 5.75 Å². The number of amides is 1. The molecule has 4 aliphatic rings. The van der Waals surface area contributed by atoms with Crippen molar-refractivity contribution in [1.82, 2.24) is 5.32 Å². The molecule has 1 unspecified atom stereocenters. The number of Topliss-reactive ketones (excluding diaryl/α,β-unsaturated/α-hetero) is 1. The number of nitrogens with one attached hydrogen (secondary N) is 1. The molecule has 1 amide bonds. The molecule has 7 rings (SSSR count). The number of hydrogen-bond donors (Lipinski definition) is 2. The van der Waals surface area contributed by atoms with Gasteiger partial charge in [0.15, 0.2) is 46.3 Å². The van der Waals surface area contributed by atoms with Crippen molar-refractivity contribution in [3.63, 3.8) is 0 Å². The van der Waals surface area contributed by atoms with Gasteiger partial charge in [-0.25, -0.2) is 9.59 Å². The van der Waals surface area contributed by atoms with Crippen molar-refractivity contribution in [3.05, 3.63) is 138 Å². The minimum absolute atomic E-state index is 0.0371. The van der Waals surface area contributed by atoms with E-state index in [1.807, 2.05) is 41.5 Å². The van der Waals surface area contributed by atoms with Crippen LogP contribution < -0.4 is 10.1 Å². The summed E-state index contributed by atoms with van der Waals surface area (Å²) in [6, 6.07) is 26.1. The first kappa shape index (κ1) is 65.5. The second-order valence-electron chi connectivity index (χ2n) is 23.4. The maximum atomic E-state index is 16.9. The summed E-state index contributed by atoms with van der Waals surface area (Å²) in [5.74, 6) is -6.06. The molecule has 2 N–H and O–H groups in total. The zero-order valence-electron chi connectivity index (χ0n) is 51.0. The van der Waals surface area contributed by atoms with E-state index in [9.17, 15) is 14.4 Å². The van der Waals surface area contributed by atoms with Crippen LogP contribution in [-0.2, 0) is 56.5 Å². The molecule has 2 bridgehead atoms. The highest BCUT2D eigenvalue weighted by atomic mass is 28.4. The van der Waals surface area contributed by atoms with E-state index in [0.29, 0.717) is 41.8 Å². The molecule has 0 radical (unpaired) electrons. The number of ether oxygens (including phenoxy) is 7. The normalized spacial score (nSPS) is 27.8. The van der Waals surface area contributed by atoms with Gasteiger partial charge in [0.2, 0.25) is 0 Å². The van der Waals surface area contributed by atoms with Gasteiger partial charge in [-0.15, -0.1) is 6.58 Å². The molecular weight excluding hydrogens is 1110 g/mol. The molecular formula is C65H87NO16Si2. The topological polar surface area (TPSA) is 218 Å². The summed E-state index contributed by atoms with van der Waals surface area (Å²) in [5.41, 5.74) is -7.26. The van der Waals surface area contributed by atoms with Crippen molar-refractivity contribution < 1.29 is 75.9 Å². The summed E-state index contributed by atoms with van der Waals surface area (Å²) in [4.78, 5) is 90.8. The Morgan fingerprint density at radius 3 is 1.89 bits per heavy atom. The van der Waals surface area contributed by atoms with Crippen LogP contribution in [0.5, 0.6) is 5.75 Å². The highest BCUT2D eigenvalue weighted by molar-refractivity contribution is 6.74. The second kappa shape index (κ2) is 26.7. The third-order valence-electron chi connectivity index (χ3n) is 18.9. The van der Waals surface area contributed by atoms with Gasteiger partial charge in [-0.1, -0.05) is 135 Å². The SMILES string of the molecule is C=CCOc1ccccc1C(=O)N[C@@H](c1ccccc1)[C@@H](O[Si](CC)(CC)CC)C(=O)O[C@@H]1C(C)=C2[C@@H](OC(C)=O)C(=O)[C@]3(C)C(O[Si](CC)(CC)CC)C[C@H]4OC[C@@]4(OC(C)=O)[C@H]3[C@H](OC(=O)c3ccccc3)[C@](O)([C@H]1OCC=C)C2(C)C. The van der Waals surface area contributed by atoms with E-state index in [2.05, 4.69) is 18.5 Å². The molecule has 1 aliphatic heterocycles. The van der Waals surface area contributed by atoms with E-state index in [1.54, 1.807) is 119 Å². The van der Waals surface area contributed by atoms with Crippen LogP contribution in [0, 0.1) is 16.7 Å². The molecule has 1 saturated heterocycles. The summed E-state index contributed by atoms with van der Waals surface area (Å²) in [5, 5.41) is 18.2. The zero-order chi connectivity index (χ0) is 61.6. The van der Waals surface area contributed by atoms with Crippen LogP contribution in [0.2, 0.25) is 36.3 Å². The van der Waals surface area contributed by atoms with Gasteiger partial charge in [0, 0.05) is 25.7 Å². The molecule has 19 heteroatoms. The summed E-state index contributed by atoms with van der Waals surface area (Å²) in [6.45, 7) is 28.3. The lowest BCUT2D eigenvalue weighted by Crippen LogP contribution is -2.84. The number of benzene rings is 3. The van der Waals surface area contributed by atoms with E-state index in [4.69, 9.17) is 42.0 Å². The van der Waals surface area contributed by atoms with E-state index >= 15 is 19.5 Å². The Morgan fingerprint density at radius 2 is 1.35 bits per heavy atom. The fourth-order valence-corrected chi connectivity index (χ4v) is 19.5. The number of rotatable bonds is 26. The van der Waals surface area contributed by atoms with Crippen LogP contribution in [0.4, 0.5) is 0 Å².